The highest BCUT2D eigenvalue weighted by Crippen LogP contribution is 2.13. The van der Waals surface area contributed by atoms with Gasteiger partial charge in [-0.3, -0.25) is 14.6 Å². The normalized spacial score (nSPS) is 11.2. The van der Waals surface area contributed by atoms with Gasteiger partial charge in [-0.25, -0.2) is 0 Å². The molecule has 0 aliphatic carbocycles. The third kappa shape index (κ3) is 2.42. The molecule has 8 heteroatoms. The van der Waals surface area contributed by atoms with Crippen LogP contribution in [0.15, 0.2) is 33.7 Å². The van der Waals surface area contributed by atoms with E-state index in [0.29, 0.717) is 5.82 Å². The minimum Gasteiger partial charge on any atom is -0.459 e. The summed E-state index contributed by atoms with van der Waals surface area (Å²) in [6, 6.07) is 4.38. The monoisotopic (exact) mass is 287 g/mol. The fraction of sp³-hybridized carbons (Fsp3) is 0.231. The van der Waals surface area contributed by atoms with Gasteiger partial charge in [0.15, 0.2) is 11.6 Å². The molecule has 108 valence electrons. The first-order chi connectivity index (χ1) is 10.0. The Balaban J connectivity index is 2.05. The molecule has 3 aromatic rings. The number of carbonyl (C=O) groups excluding carboxylic acids is 1. The molecule has 2 N–H and O–H groups in total. The summed E-state index contributed by atoms with van der Waals surface area (Å²) in [5.74, 6) is 0.865. The highest BCUT2D eigenvalue weighted by atomic mass is 16.3. The van der Waals surface area contributed by atoms with Crippen molar-refractivity contribution in [3.8, 4) is 0 Å². The number of furan rings is 1. The first kappa shape index (κ1) is 13.1. The largest absolute Gasteiger partial charge is 0.459 e. The van der Waals surface area contributed by atoms with Gasteiger partial charge in [0, 0.05) is 12.0 Å². The van der Waals surface area contributed by atoms with Crippen molar-refractivity contribution < 1.29 is 9.21 Å². The van der Waals surface area contributed by atoms with Gasteiger partial charge in [0.1, 0.15) is 5.82 Å². The minimum atomic E-state index is -0.464. The maximum absolute atomic E-state index is 12.0. The highest BCUT2D eigenvalue weighted by molar-refractivity contribution is 6.01. The van der Waals surface area contributed by atoms with E-state index in [0.717, 1.165) is 0 Å². The van der Waals surface area contributed by atoms with Crippen LogP contribution in [0, 0.1) is 0 Å². The first-order valence-corrected chi connectivity index (χ1v) is 6.39. The van der Waals surface area contributed by atoms with Crippen LogP contribution in [-0.2, 0) is 0 Å². The standard InChI is InChI=1S/C13H13N5O3/c1-7(2)11-16-13-15-10(19)6-9(18(13)17-11)14-12(20)8-4-3-5-21-8/h3-7H,1-2H3,(H,14,20)(H,15,16,17,19). The van der Waals surface area contributed by atoms with E-state index in [2.05, 4.69) is 20.4 Å². The molecule has 21 heavy (non-hydrogen) atoms. The van der Waals surface area contributed by atoms with Crippen LogP contribution in [0.5, 0.6) is 0 Å². The molecule has 1 amide bonds. The summed E-state index contributed by atoms with van der Waals surface area (Å²) in [4.78, 5) is 30.4. The predicted molar refractivity (Wildman–Crippen MR) is 74.4 cm³/mol. The fourth-order valence-electron chi connectivity index (χ4n) is 1.83. The minimum absolute atomic E-state index is 0.0991. The molecule has 0 radical (unpaired) electrons. The van der Waals surface area contributed by atoms with Crippen molar-refractivity contribution in [2.24, 2.45) is 0 Å². The molecule has 0 saturated carbocycles. The second kappa shape index (κ2) is 4.89. The number of carbonyl (C=O) groups is 1. The molecule has 3 aromatic heterocycles. The number of H-pyrrole nitrogens is 1. The van der Waals surface area contributed by atoms with Crippen LogP contribution >= 0.6 is 0 Å². The summed E-state index contributed by atoms with van der Waals surface area (Å²) >= 11 is 0. The van der Waals surface area contributed by atoms with Gasteiger partial charge in [0.25, 0.3) is 11.5 Å². The Hall–Kier alpha value is -2.90. The number of nitrogens with zero attached hydrogens (tertiary/aromatic N) is 3. The average molecular weight is 287 g/mol. The summed E-state index contributed by atoms with van der Waals surface area (Å²) in [6.45, 7) is 3.88. The van der Waals surface area contributed by atoms with Crippen LogP contribution < -0.4 is 10.9 Å². The summed E-state index contributed by atoms with van der Waals surface area (Å²) in [5, 5.41) is 6.87. The number of nitrogens with one attached hydrogen (secondary N) is 2. The molecule has 0 atom stereocenters. The number of aromatic amines is 1. The zero-order valence-electron chi connectivity index (χ0n) is 11.5. The number of anilines is 1. The first-order valence-electron chi connectivity index (χ1n) is 6.39. The van der Waals surface area contributed by atoms with Gasteiger partial charge in [-0.1, -0.05) is 13.8 Å². The Morgan fingerprint density at radius 1 is 1.48 bits per heavy atom. The second-order valence-corrected chi connectivity index (χ2v) is 4.81. The van der Waals surface area contributed by atoms with Crippen molar-refractivity contribution in [2.75, 3.05) is 5.32 Å². The van der Waals surface area contributed by atoms with Gasteiger partial charge < -0.3 is 9.73 Å². The third-order valence-corrected chi connectivity index (χ3v) is 2.86. The van der Waals surface area contributed by atoms with Crippen LogP contribution in [0.2, 0.25) is 0 Å². The van der Waals surface area contributed by atoms with Gasteiger partial charge in [-0.2, -0.15) is 9.50 Å². The van der Waals surface area contributed by atoms with Crippen LogP contribution in [0.1, 0.15) is 36.1 Å². The summed E-state index contributed by atoms with van der Waals surface area (Å²) in [6.07, 6.45) is 1.40. The van der Waals surface area contributed by atoms with Crippen molar-refractivity contribution in [2.45, 2.75) is 19.8 Å². The van der Waals surface area contributed by atoms with Crippen molar-refractivity contribution in [3.63, 3.8) is 0 Å². The number of fused-ring (bicyclic) bond motifs is 1. The molecule has 0 aliphatic heterocycles. The summed E-state index contributed by atoms with van der Waals surface area (Å²) in [7, 11) is 0. The molecule has 0 saturated heterocycles. The van der Waals surface area contributed by atoms with Crippen LogP contribution in [0.25, 0.3) is 5.78 Å². The van der Waals surface area contributed by atoms with Crippen molar-refractivity contribution in [1.29, 1.82) is 0 Å². The topological polar surface area (TPSA) is 105 Å². The van der Waals surface area contributed by atoms with E-state index in [4.69, 9.17) is 4.42 Å². The van der Waals surface area contributed by atoms with Crippen LogP contribution in [0.4, 0.5) is 5.82 Å². The zero-order chi connectivity index (χ0) is 15.0. The fourth-order valence-corrected chi connectivity index (χ4v) is 1.83. The number of hydrogen-bond donors (Lipinski definition) is 2. The second-order valence-electron chi connectivity index (χ2n) is 4.81. The lowest BCUT2D eigenvalue weighted by Crippen LogP contribution is -2.18. The quantitative estimate of drug-likeness (QED) is 0.757. The molecular formula is C13H13N5O3. The van der Waals surface area contributed by atoms with E-state index in [1.54, 1.807) is 6.07 Å². The molecule has 0 aromatic carbocycles. The SMILES string of the molecule is CC(C)c1nc2[nH]c(=O)cc(NC(=O)c3ccco3)n2n1. The molecule has 3 rings (SSSR count). The summed E-state index contributed by atoms with van der Waals surface area (Å²) < 4.78 is 6.40. The lowest BCUT2D eigenvalue weighted by Gasteiger charge is -2.04. The Morgan fingerprint density at radius 2 is 2.29 bits per heavy atom. The zero-order valence-corrected chi connectivity index (χ0v) is 11.5. The number of rotatable bonds is 3. The molecule has 3 heterocycles. The van der Waals surface area contributed by atoms with Crippen molar-refractivity contribution in [3.05, 3.63) is 46.4 Å². The van der Waals surface area contributed by atoms with Gasteiger partial charge >= 0.3 is 0 Å². The molecule has 0 unspecified atom stereocenters. The Morgan fingerprint density at radius 3 is 2.95 bits per heavy atom. The molecule has 0 spiro atoms. The molecule has 8 nitrogen and oxygen atoms in total. The van der Waals surface area contributed by atoms with E-state index in [1.165, 1.54) is 22.9 Å². The Bertz CT molecular complexity index is 844. The van der Waals surface area contributed by atoms with Gasteiger partial charge in [0.2, 0.25) is 5.78 Å². The number of amides is 1. The Kier molecular flexibility index (Phi) is 3.05. The molecule has 0 bridgehead atoms. The van der Waals surface area contributed by atoms with Gasteiger partial charge in [-0.05, 0) is 12.1 Å². The summed E-state index contributed by atoms with van der Waals surface area (Å²) in [5.41, 5.74) is -0.375. The molecular weight excluding hydrogens is 274 g/mol. The van der Waals surface area contributed by atoms with Gasteiger partial charge in [-0.15, -0.1) is 5.10 Å². The van der Waals surface area contributed by atoms with E-state index >= 15 is 0 Å². The van der Waals surface area contributed by atoms with Crippen molar-refractivity contribution in [1.82, 2.24) is 19.6 Å². The molecule has 0 fully saturated rings. The average Bonchev–Trinajstić information content (AvgIpc) is 3.07. The van der Waals surface area contributed by atoms with Crippen molar-refractivity contribution >= 4 is 17.5 Å². The maximum Gasteiger partial charge on any atom is 0.292 e. The lowest BCUT2D eigenvalue weighted by atomic mass is 10.2. The lowest BCUT2D eigenvalue weighted by molar-refractivity contribution is 0.0996. The van der Waals surface area contributed by atoms with E-state index in [1.807, 2.05) is 13.8 Å². The van der Waals surface area contributed by atoms with E-state index in [9.17, 15) is 9.59 Å². The third-order valence-electron chi connectivity index (χ3n) is 2.86. The van der Waals surface area contributed by atoms with E-state index in [-0.39, 0.29) is 28.8 Å². The number of hydrogen-bond acceptors (Lipinski definition) is 5. The van der Waals surface area contributed by atoms with Crippen LogP contribution in [-0.4, -0.2) is 25.5 Å². The molecule has 0 aliphatic rings. The van der Waals surface area contributed by atoms with Crippen LogP contribution in [0.3, 0.4) is 0 Å². The highest BCUT2D eigenvalue weighted by Gasteiger charge is 2.15. The van der Waals surface area contributed by atoms with E-state index < -0.39 is 5.91 Å². The van der Waals surface area contributed by atoms with Gasteiger partial charge in [0.05, 0.1) is 6.26 Å². The Labute approximate surface area is 118 Å². The maximum atomic E-state index is 12.0. The smallest absolute Gasteiger partial charge is 0.292 e. The predicted octanol–water partition coefficient (Wildman–Crippen LogP) is 1.39. The number of aromatic nitrogens is 4.